The Morgan fingerprint density at radius 2 is 2.20 bits per heavy atom. The number of rotatable bonds is 2. The largest absolute Gasteiger partial charge is 0.352 e. The molecule has 0 bridgehead atoms. The molecule has 1 aromatic rings. The van der Waals surface area contributed by atoms with Crippen molar-refractivity contribution in [3.8, 4) is 0 Å². The van der Waals surface area contributed by atoms with Crippen LogP contribution in [0.1, 0.15) is 30.1 Å². The van der Waals surface area contributed by atoms with E-state index in [0.29, 0.717) is 18.7 Å². The summed E-state index contributed by atoms with van der Waals surface area (Å²) in [6.45, 7) is 2.64. The van der Waals surface area contributed by atoms with Gasteiger partial charge < -0.3 is 10.2 Å². The molecular formula is C13H15Cl2N3O2. The van der Waals surface area contributed by atoms with Crippen molar-refractivity contribution in [2.45, 2.75) is 25.8 Å². The third kappa shape index (κ3) is 3.61. The predicted octanol–water partition coefficient (Wildman–Crippen LogP) is 2.13. The quantitative estimate of drug-likeness (QED) is 0.850. The Bertz CT molecular complexity index is 536. The number of nitrogens with one attached hydrogen (secondary N) is 1. The van der Waals surface area contributed by atoms with E-state index in [4.69, 9.17) is 23.2 Å². The van der Waals surface area contributed by atoms with Gasteiger partial charge in [0.15, 0.2) is 0 Å². The molecule has 20 heavy (non-hydrogen) atoms. The van der Waals surface area contributed by atoms with E-state index < -0.39 is 0 Å². The van der Waals surface area contributed by atoms with Gasteiger partial charge in [-0.1, -0.05) is 23.2 Å². The van der Waals surface area contributed by atoms with Crippen LogP contribution >= 0.6 is 23.2 Å². The highest BCUT2D eigenvalue weighted by Gasteiger charge is 2.25. The highest BCUT2D eigenvalue weighted by molar-refractivity contribution is 6.41. The summed E-state index contributed by atoms with van der Waals surface area (Å²) in [5.41, 5.74) is 0.405. The highest BCUT2D eigenvalue weighted by Crippen LogP contribution is 2.21. The molecule has 2 heterocycles. The average molecular weight is 316 g/mol. The maximum absolute atomic E-state index is 12.4. The molecule has 1 unspecified atom stereocenters. The number of amides is 2. The second-order valence-electron chi connectivity index (χ2n) is 4.79. The molecule has 1 fully saturated rings. The minimum Gasteiger partial charge on any atom is -0.352 e. The maximum Gasteiger partial charge on any atom is 0.255 e. The molecule has 0 saturated carbocycles. The van der Waals surface area contributed by atoms with Gasteiger partial charge in [-0.15, -0.1) is 0 Å². The first-order chi connectivity index (χ1) is 9.47. The number of carbonyl (C=O) groups is 2. The van der Waals surface area contributed by atoms with Gasteiger partial charge in [-0.05, 0) is 18.9 Å². The molecule has 1 saturated heterocycles. The summed E-state index contributed by atoms with van der Waals surface area (Å²) in [5, 5.41) is 3.28. The summed E-state index contributed by atoms with van der Waals surface area (Å²) in [4.78, 5) is 29.0. The summed E-state index contributed by atoms with van der Waals surface area (Å²) in [7, 11) is 0. The molecule has 2 rings (SSSR count). The number of hydrogen-bond donors (Lipinski definition) is 1. The molecule has 1 N–H and O–H groups in total. The minimum atomic E-state index is -0.147. The van der Waals surface area contributed by atoms with Gasteiger partial charge in [0, 0.05) is 32.3 Å². The van der Waals surface area contributed by atoms with Gasteiger partial charge in [0.1, 0.15) is 5.15 Å². The zero-order valence-corrected chi connectivity index (χ0v) is 12.5. The Balaban J connectivity index is 2.08. The van der Waals surface area contributed by atoms with Crippen LogP contribution in [0.25, 0.3) is 0 Å². The van der Waals surface area contributed by atoms with Gasteiger partial charge in [-0.3, -0.25) is 9.59 Å². The van der Waals surface area contributed by atoms with E-state index in [1.807, 2.05) is 0 Å². The first-order valence-corrected chi connectivity index (χ1v) is 7.10. The number of hydrogen-bond acceptors (Lipinski definition) is 3. The molecule has 2 amide bonds. The van der Waals surface area contributed by atoms with E-state index >= 15 is 0 Å². The van der Waals surface area contributed by atoms with Gasteiger partial charge >= 0.3 is 0 Å². The summed E-state index contributed by atoms with van der Waals surface area (Å²) >= 11 is 11.6. The van der Waals surface area contributed by atoms with Crippen molar-refractivity contribution in [2.24, 2.45) is 0 Å². The van der Waals surface area contributed by atoms with E-state index in [1.165, 1.54) is 19.2 Å². The fraction of sp³-hybridized carbons (Fsp3) is 0.462. The van der Waals surface area contributed by atoms with Crippen molar-refractivity contribution < 1.29 is 9.59 Å². The Hall–Kier alpha value is -1.33. The lowest BCUT2D eigenvalue weighted by Crippen LogP contribution is -2.49. The van der Waals surface area contributed by atoms with Crippen molar-refractivity contribution in [3.05, 3.63) is 28.0 Å². The topological polar surface area (TPSA) is 62.3 Å². The average Bonchev–Trinajstić information content (AvgIpc) is 2.40. The Labute approximate surface area is 127 Å². The van der Waals surface area contributed by atoms with Crippen LogP contribution in [0.2, 0.25) is 10.2 Å². The molecule has 1 aliphatic heterocycles. The molecule has 1 atom stereocenters. The van der Waals surface area contributed by atoms with Crippen LogP contribution in [0.15, 0.2) is 12.3 Å². The Kier molecular flexibility index (Phi) is 4.83. The number of aromatic nitrogens is 1. The van der Waals surface area contributed by atoms with Crippen molar-refractivity contribution in [2.75, 3.05) is 13.1 Å². The lowest BCUT2D eigenvalue weighted by Gasteiger charge is -2.33. The van der Waals surface area contributed by atoms with E-state index in [2.05, 4.69) is 10.3 Å². The Morgan fingerprint density at radius 1 is 1.45 bits per heavy atom. The molecule has 0 aliphatic carbocycles. The monoisotopic (exact) mass is 315 g/mol. The number of piperidine rings is 1. The van der Waals surface area contributed by atoms with E-state index in [0.717, 1.165) is 12.8 Å². The van der Waals surface area contributed by atoms with Crippen molar-refractivity contribution in [3.63, 3.8) is 0 Å². The third-order valence-corrected chi connectivity index (χ3v) is 3.85. The zero-order valence-electron chi connectivity index (χ0n) is 11.0. The first-order valence-electron chi connectivity index (χ1n) is 6.35. The zero-order chi connectivity index (χ0) is 14.7. The number of likely N-dealkylation sites (tertiary alicyclic amines) is 1. The van der Waals surface area contributed by atoms with Crippen LogP contribution in [0, 0.1) is 0 Å². The highest BCUT2D eigenvalue weighted by atomic mass is 35.5. The summed E-state index contributed by atoms with van der Waals surface area (Å²) in [5.74, 6) is -0.230. The van der Waals surface area contributed by atoms with Crippen LogP contribution in [-0.2, 0) is 4.79 Å². The van der Waals surface area contributed by atoms with Crippen LogP contribution in [-0.4, -0.2) is 40.8 Å². The van der Waals surface area contributed by atoms with E-state index in [1.54, 1.807) is 4.90 Å². The van der Waals surface area contributed by atoms with Crippen molar-refractivity contribution in [1.82, 2.24) is 15.2 Å². The van der Waals surface area contributed by atoms with Crippen molar-refractivity contribution >= 4 is 35.0 Å². The fourth-order valence-electron chi connectivity index (χ4n) is 2.29. The minimum absolute atomic E-state index is 0.000862. The first kappa shape index (κ1) is 15.1. The fourth-order valence-corrected chi connectivity index (χ4v) is 2.56. The number of nitrogens with zero attached hydrogens (tertiary/aromatic N) is 2. The molecule has 1 aromatic heterocycles. The van der Waals surface area contributed by atoms with Crippen molar-refractivity contribution in [1.29, 1.82) is 0 Å². The van der Waals surface area contributed by atoms with E-state index in [-0.39, 0.29) is 28.0 Å². The van der Waals surface area contributed by atoms with Crippen LogP contribution in [0.4, 0.5) is 0 Å². The second-order valence-corrected chi connectivity index (χ2v) is 5.55. The molecule has 7 heteroatoms. The lowest BCUT2D eigenvalue weighted by atomic mass is 10.0. The van der Waals surface area contributed by atoms with Gasteiger partial charge in [-0.2, -0.15) is 0 Å². The van der Waals surface area contributed by atoms with Gasteiger partial charge in [-0.25, -0.2) is 4.98 Å². The number of pyridine rings is 1. The van der Waals surface area contributed by atoms with Gasteiger partial charge in [0.25, 0.3) is 5.91 Å². The van der Waals surface area contributed by atoms with Gasteiger partial charge in [0.2, 0.25) is 5.91 Å². The molecule has 108 valence electrons. The molecule has 0 radical (unpaired) electrons. The lowest BCUT2D eigenvalue weighted by molar-refractivity contribution is -0.120. The maximum atomic E-state index is 12.4. The Morgan fingerprint density at radius 3 is 2.85 bits per heavy atom. The second kappa shape index (κ2) is 6.41. The molecule has 1 aliphatic rings. The molecule has 0 spiro atoms. The van der Waals surface area contributed by atoms with Crippen LogP contribution < -0.4 is 5.32 Å². The molecule has 0 aromatic carbocycles. The third-order valence-electron chi connectivity index (χ3n) is 3.16. The van der Waals surface area contributed by atoms with Gasteiger partial charge in [0.05, 0.1) is 10.6 Å². The number of carbonyl (C=O) groups excluding carboxylic acids is 2. The molecular weight excluding hydrogens is 301 g/mol. The smallest absolute Gasteiger partial charge is 0.255 e. The van der Waals surface area contributed by atoms with Crippen LogP contribution in [0.3, 0.4) is 0 Å². The van der Waals surface area contributed by atoms with E-state index in [9.17, 15) is 9.59 Å². The summed E-state index contributed by atoms with van der Waals surface area (Å²) < 4.78 is 0. The molecule has 5 nitrogen and oxygen atoms in total. The normalized spacial score (nSPS) is 18.8. The summed E-state index contributed by atoms with van der Waals surface area (Å²) in [6.07, 6.45) is 3.15. The SMILES string of the molecule is CC(=O)NC1CCCN(C(=O)c2cnc(Cl)c(Cl)c2)C1. The summed E-state index contributed by atoms with van der Waals surface area (Å²) in [6, 6.07) is 1.52. The standard InChI is InChI=1S/C13H15Cl2N3O2/c1-8(19)17-10-3-2-4-18(7-10)13(20)9-5-11(14)12(15)16-6-9/h5-6,10H,2-4,7H2,1H3,(H,17,19). The predicted molar refractivity (Wildman–Crippen MR) is 77.0 cm³/mol. The number of halogens is 2. The van der Waals surface area contributed by atoms with Crippen LogP contribution in [0.5, 0.6) is 0 Å².